The van der Waals surface area contributed by atoms with E-state index < -0.39 is 0 Å². The van der Waals surface area contributed by atoms with Crippen molar-refractivity contribution >= 4 is 34.4 Å². The van der Waals surface area contributed by atoms with Gasteiger partial charge < -0.3 is 15.5 Å². The van der Waals surface area contributed by atoms with Gasteiger partial charge in [0.1, 0.15) is 0 Å². The molecule has 2 heterocycles. The van der Waals surface area contributed by atoms with Crippen LogP contribution in [0.5, 0.6) is 0 Å². The Balaban J connectivity index is 1.86. The zero-order chi connectivity index (χ0) is 14.1. The van der Waals surface area contributed by atoms with Crippen molar-refractivity contribution in [3.05, 3.63) is 59.6 Å². The zero-order valence-corrected chi connectivity index (χ0v) is 11.1. The van der Waals surface area contributed by atoms with Gasteiger partial charge in [-0.2, -0.15) is 0 Å². The summed E-state index contributed by atoms with van der Waals surface area (Å²) in [6, 6.07) is 8.46. The molecule has 5 nitrogen and oxygen atoms in total. The summed E-state index contributed by atoms with van der Waals surface area (Å²) in [5.41, 5.74) is 8.11. The number of nitrogens with two attached hydrogens (primary N) is 1. The van der Waals surface area contributed by atoms with Crippen LogP contribution in [0.25, 0.3) is 5.52 Å². The van der Waals surface area contributed by atoms with Crippen LogP contribution >= 0.6 is 11.6 Å². The maximum absolute atomic E-state index is 12.2. The predicted octanol–water partition coefficient (Wildman–Crippen LogP) is 2.82. The number of hydrogen-bond acceptors (Lipinski definition) is 3. The molecule has 1 amide bonds. The number of rotatable bonds is 2. The molecule has 100 valence electrons. The van der Waals surface area contributed by atoms with E-state index in [1.807, 2.05) is 4.40 Å². The first kappa shape index (κ1) is 12.5. The lowest BCUT2D eigenvalue weighted by atomic mass is 10.2. The molecule has 0 saturated carbocycles. The van der Waals surface area contributed by atoms with Crippen LogP contribution in [0.1, 0.15) is 10.4 Å². The van der Waals surface area contributed by atoms with E-state index in [4.69, 9.17) is 17.3 Å². The summed E-state index contributed by atoms with van der Waals surface area (Å²) < 4.78 is 1.83. The first-order valence-corrected chi connectivity index (χ1v) is 6.29. The van der Waals surface area contributed by atoms with Gasteiger partial charge in [-0.1, -0.05) is 11.6 Å². The summed E-state index contributed by atoms with van der Waals surface area (Å²) in [6.45, 7) is 0. The van der Waals surface area contributed by atoms with Gasteiger partial charge in [0.25, 0.3) is 5.91 Å². The molecule has 1 aromatic carbocycles. The number of nitrogens with one attached hydrogen (secondary N) is 1. The van der Waals surface area contributed by atoms with Crippen LogP contribution in [0.3, 0.4) is 0 Å². The highest BCUT2D eigenvalue weighted by molar-refractivity contribution is 6.33. The number of hydrogen-bond donors (Lipinski definition) is 2. The van der Waals surface area contributed by atoms with Gasteiger partial charge >= 0.3 is 0 Å². The zero-order valence-electron chi connectivity index (χ0n) is 10.4. The molecule has 0 unspecified atom stereocenters. The molecule has 3 rings (SSSR count). The molecule has 0 aliphatic rings. The van der Waals surface area contributed by atoms with E-state index in [-0.39, 0.29) is 5.91 Å². The molecule has 0 fully saturated rings. The number of halogens is 1. The van der Waals surface area contributed by atoms with Crippen LogP contribution < -0.4 is 11.1 Å². The van der Waals surface area contributed by atoms with Crippen molar-refractivity contribution < 1.29 is 4.79 Å². The highest BCUT2D eigenvalue weighted by Crippen LogP contribution is 2.23. The maximum atomic E-state index is 12.2. The molecule has 0 atom stereocenters. The van der Waals surface area contributed by atoms with Gasteiger partial charge in [0, 0.05) is 17.4 Å². The van der Waals surface area contributed by atoms with Crippen molar-refractivity contribution in [3.8, 4) is 0 Å². The van der Waals surface area contributed by atoms with Crippen molar-refractivity contribution in [2.75, 3.05) is 11.1 Å². The Morgan fingerprint density at radius 1 is 1.30 bits per heavy atom. The van der Waals surface area contributed by atoms with Crippen molar-refractivity contribution in [1.29, 1.82) is 0 Å². The molecular formula is C14H11ClN4O. The highest BCUT2D eigenvalue weighted by Gasteiger charge is 2.08. The second-order valence-corrected chi connectivity index (χ2v) is 4.74. The number of pyridine rings is 1. The van der Waals surface area contributed by atoms with Crippen LogP contribution in [0.15, 0.2) is 49.1 Å². The maximum Gasteiger partial charge on any atom is 0.255 e. The minimum atomic E-state index is -0.213. The van der Waals surface area contributed by atoms with Crippen molar-refractivity contribution in [2.45, 2.75) is 0 Å². The molecule has 20 heavy (non-hydrogen) atoms. The number of carbonyl (C=O) groups is 1. The second kappa shape index (κ2) is 4.86. The Morgan fingerprint density at radius 2 is 2.15 bits per heavy atom. The van der Waals surface area contributed by atoms with Gasteiger partial charge in [0.05, 0.1) is 28.8 Å². The van der Waals surface area contributed by atoms with E-state index in [1.54, 1.807) is 49.1 Å². The SMILES string of the molecule is Nc1ccc(NC(=O)c2ccn3cncc3c2)cc1Cl. The van der Waals surface area contributed by atoms with Crippen LogP contribution in [-0.4, -0.2) is 15.3 Å². The van der Waals surface area contributed by atoms with E-state index in [1.165, 1.54) is 0 Å². The van der Waals surface area contributed by atoms with Crippen LogP contribution in [0.2, 0.25) is 5.02 Å². The molecule has 3 N–H and O–H groups in total. The number of anilines is 2. The minimum Gasteiger partial charge on any atom is -0.398 e. The van der Waals surface area contributed by atoms with E-state index in [0.717, 1.165) is 5.52 Å². The third-order valence-electron chi connectivity index (χ3n) is 2.93. The Labute approximate surface area is 120 Å². The van der Waals surface area contributed by atoms with Gasteiger partial charge in [0.2, 0.25) is 0 Å². The first-order chi connectivity index (χ1) is 9.63. The fourth-order valence-electron chi connectivity index (χ4n) is 1.87. The number of aromatic nitrogens is 2. The quantitative estimate of drug-likeness (QED) is 0.712. The number of fused-ring (bicyclic) bond motifs is 1. The molecule has 0 saturated heterocycles. The molecule has 0 aliphatic carbocycles. The summed E-state index contributed by atoms with van der Waals surface area (Å²) >= 11 is 5.92. The largest absolute Gasteiger partial charge is 0.398 e. The number of benzene rings is 1. The number of nitrogen functional groups attached to an aromatic ring is 1. The van der Waals surface area contributed by atoms with E-state index in [2.05, 4.69) is 10.3 Å². The molecule has 6 heteroatoms. The molecule has 0 radical (unpaired) electrons. The van der Waals surface area contributed by atoms with Gasteiger partial charge in [-0.25, -0.2) is 4.98 Å². The molecule has 0 spiro atoms. The predicted molar refractivity (Wildman–Crippen MR) is 79.0 cm³/mol. The summed E-state index contributed by atoms with van der Waals surface area (Å²) in [4.78, 5) is 16.2. The average Bonchev–Trinajstić information content (AvgIpc) is 2.90. The second-order valence-electron chi connectivity index (χ2n) is 4.33. The summed E-state index contributed by atoms with van der Waals surface area (Å²) in [6.07, 6.45) is 5.15. The fraction of sp³-hybridized carbons (Fsp3) is 0. The van der Waals surface area contributed by atoms with Crippen molar-refractivity contribution in [3.63, 3.8) is 0 Å². The lowest BCUT2D eigenvalue weighted by molar-refractivity contribution is 0.102. The third kappa shape index (κ3) is 2.31. The molecular weight excluding hydrogens is 276 g/mol. The first-order valence-electron chi connectivity index (χ1n) is 5.91. The van der Waals surface area contributed by atoms with Gasteiger partial charge in [0.15, 0.2) is 0 Å². The van der Waals surface area contributed by atoms with E-state index >= 15 is 0 Å². The Kier molecular flexibility index (Phi) is 3.04. The topological polar surface area (TPSA) is 72.4 Å². The van der Waals surface area contributed by atoms with E-state index in [0.29, 0.717) is 22.0 Å². The number of carbonyl (C=O) groups excluding carboxylic acids is 1. The van der Waals surface area contributed by atoms with Crippen LogP contribution in [-0.2, 0) is 0 Å². The Morgan fingerprint density at radius 3 is 2.95 bits per heavy atom. The molecule has 0 aliphatic heterocycles. The summed E-state index contributed by atoms with van der Waals surface area (Å²) in [5, 5.41) is 3.19. The summed E-state index contributed by atoms with van der Waals surface area (Å²) in [7, 11) is 0. The van der Waals surface area contributed by atoms with Crippen LogP contribution in [0.4, 0.5) is 11.4 Å². The van der Waals surface area contributed by atoms with Crippen LogP contribution in [0, 0.1) is 0 Å². The standard InChI is InChI=1S/C14H11ClN4O/c15-12-6-10(1-2-13(12)16)18-14(20)9-3-4-19-8-17-7-11(19)5-9/h1-8H,16H2,(H,18,20). The normalized spacial score (nSPS) is 10.7. The number of amides is 1. The van der Waals surface area contributed by atoms with E-state index in [9.17, 15) is 4.79 Å². The van der Waals surface area contributed by atoms with Crippen molar-refractivity contribution in [2.24, 2.45) is 0 Å². The monoisotopic (exact) mass is 286 g/mol. The Bertz CT molecular complexity index is 797. The smallest absolute Gasteiger partial charge is 0.255 e. The number of nitrogens with zero attached hydrogens (tertiary/aromatic N) is 2. The highest BCUT2D eigenvalue weighted by atomic mass is 35.5. The fourth-order valence-corrected chi connectivity index (χ4v) is 2.05. The van der Waals surface area contributed by atoms with Crippen molar-refractivity contribution in [1.82, 2.24) is 9.38 Å². The lowest BCUT2D eigenvalue weighted by Gasteiger charge is -2.07. The third-order valence-corrected chi connectivity index (χ3v) is 3.26. The molecule has 2 aromatic heterocycles. The molecule has 3 aromatic rings. The molecule has 0 bridgehead atoms. The Hall–Kier alpha value is -2.53. The number of imidazole rings is 1. The summed E-state index contributed by atoms with van der Waals surface area (Å²) in [5.74, 6) is -0.213. The average molecular weight is 287 g/mol. The lowest BCUT2D eigenvalue weighted by Crippen LogP contribution is -2.12. The van der Waals surface area contributed by atoms with Gasteiger partial charge in [-0.05, 0) is 30.3 Å². The minimum absolute atomic E-state index is 0.213. The van der Waals surface area contributed by atoms with Gasteiger partial charge in [-0.3, -0.25) is 4.79 Å². The van der Waals surface area contributed by atoms with Gasteiger partial charge in [-0.15, -0.1) is 0 Å².